The molecule has 116 valence electrons. The highest BCUT2D eigenvalue weighted by atomic mass is 16.6. The molecule has 0 unspecified atom stereocenters. The van der Waals surface area contributed by atoms with Crippen molar-refractivity contribution in [2.24, 2.45) is 0 Å². The van der Waals surface area contributed by atoms with E-state index in [1.807, 2.05) is 4.90 Å². The zero-order valence-electron chi connectivity index (χ0n) is 12.6. The Morgan fingerprint density at radius 3 is 2.40 bits per heavy atom. The average Bonchev–Trinajstić information content (AvgIpc) is 2.36. The average molecular weight is 288 g/mol. The number of rotatable bonds is 4. The smallest absolute Gasteiger partial charge is 0.408 e. The normalized spacial score (nSPS) is 18.2. The Labute approximate surface area is 119 Å². The molecule has 1 amide bonds. The largest absolute Gasteiger partial charge is 0.467 e. The van der Waals surface area contributed by atoms with Gasteiger partial charge in [0.1, 0.15) is 11.6 Å². The Morgan fingerprint density at radius 2 is 1.90 bits per heavy atom. The van der Waals surface area contributed by atoms with Crippen LogP contribution < -0.4 is 5.32 Å². The van der Waals surface area contributed by atoms with E-state index >= 15 is 0 Å². The number of ether oxygens (including phenoxy) is 3. The van der Waals surface area contributed by atoms with Crippen molar-refractivity contribution in [3.05, 3.63) is 0 Å². The number of amides is 1. The van der Waals surface area contributed by atoms with Crippen molar-refractivity contribution in [1.29, 1.82) is 0 Å². The van der Waals surface area contributed by atoms with E-state index < -0.39 is 23.7 Å². The van der Waals surface area contributed by atoms with Gasteiger partial charge < -0.3 is 19.5 Å². The second kappa shape index (κ2) is 7.44. The molecule has 0 aliphatic carbocycles. The molecule has 1 atom stereocenters. The molecular formula is C13H24N2O5. The topological polar surface area (TPSA) is 77.1 Å². The van der Waals surface area contributed by atoms with Crippen LogP contribution >= 0.6 is 0 Å². The third kappa shape index (κ3) is 6.21. The monoisotopic (exact) mass is 288 g/mol. The molecule has 0 aromatic carbocycles. The van der Waals surface area contributed by atoms with Gasteiger partial charge >= 0.3 is 12.1 Å². The van der Waals surface area contributed by atoms with Crippen LogP contribution in [0.15, 0.2) is 0 Å². The van der Waals surface area contributed by atoms with Gasteiger partial charge in [0.2, 0.25) is 0 Å². The van der Waals surface area contributed by atoms with E-state index in [0.717, 1.165) is 13.1 Å². The van der Waals surface area contributed by atoms with Crippen molar-refractivity contribution < 1.29 is 23.8 Å². The number of hydrogen-bond donors (Lipinski definition) is 1. The SMILES string of the molecule is COC(=O)[C@H](CN1CCOCC1)NC(=O)OC(C)(C)C. The van der Waals surface area contributed by atoms with Crippen LogP contribution in [0, 0.1) is 0 Å². The van der Waals surface area contributed by atoms with Gasteiger partial charge in [-0.05, 0) is 20.8 Å². The molecule has 1 rings (SSSR count). The van der Waals surface area contributed by atoms with Crippen LogP contribution in [0.5, 0.6) is 0 Å². The Bertz CT molecular complexity index is 334. The molecule has 1 fully saturated rings. The number of carbonyl (C=O) groups is 2. The third-order valence-electron chi connectivity index (χ3n) is 2.72. The highest BCUT2D eigenvalue weighted by Gasteiger charge is 2.27. The van der Waals surface area contributed by atoms with Crippen LogP contribution in [0.4, 0.5) is 4.79 Å². The number of hydrogen-bond acceptors (Lipinski definition) is 6. The molecule has 20 heavy (non-hydrogen) atoms. The summed E-state index contributed by atoms with van der Waals surface area (Å²) in [6, 6.07) is -0.743. The summed E-state index contributed by atoms with van der Waals surface area (Å²) in [4.78, 5) is 25.5. The van der Waals surface area contributed by atoms with Gasteiger partial charge in [0.05, 0.1) is 20.3 Å². The zero-order valence-corrected chi connectivity index (χ0v) is 12.6. The first kappa shape index (κ1) is 16.7. The second-order valence-electron chi connectivity index (χ2n) is 5.63. The minimum absolute atomic E-state index is 0.384. The van der Waals surface area contributed by atoms with Crippen LogP contribution in [0.1, 0.15) is 20.8 Å². The zero-order chi connectivity index (χ0) is 15.2. The van der Waals surface area contributed by atoms with Crippen molar-refractivity contribution in [3.63, 3.8) is 0 Å². The van der Waals surface area contributed by atoms with Crippen LogP contribution in [-0.4, -0.2) is 68.6 Å². The van der Waals surface area contributed by atoms with Crippen LogP contribution in [-0.2, 0) is 19.0 Å². The van der Waals surface area contributed by atoms with Crippen LogP contribution in [0.25, 0.3) is 0 Å². The molecule has 0 bridgehead atoms. The third-order valence-corrected chi connectivity index (χ3v) is 2.72. The van der Waals surface area contributed by atoms with E-state index in [1.165, 1.54) is 7.11 Å². The Morgan fingerprint density at radius 1 is 1.30 bits per heavy atom. The number of esters is 1. The molecule has 1 aliphatic rings. The van der Waals surface area contributed by atoms with Crippen LogP contribution in [0.2, 0.25) is 0 Å². The lowest BCUT2D eigenvalue weighted by Crippen LogP contribution is -2.52. The number of nitrogens with one attached hydrogen (secondary N) is 1. The quantitative estimate of drug-likeness (QED) is 0.754. The van der Waals surface area contributed by atoms with Gasteiger partial charge in [-0.15, -0.1) is 0 Å². The molecule has 1 aliphatic heterocycles. The number of methoxy groups -OCH3 is 1. The molecular weight excluding hydrogens is 264 g/mol. The summed E-state index contributed by atoms with van der Waals surface area (Å²) >= 11 is 0. The maximum atomic E-state index is 11.7. The highest BCUT2D eigenvalue weighted by Crippen LogP contribution is 2.07. The molecule has 0 saturated carbocycles. The lowest BCUT2D eigenvalue weighted by Gasteiger charge is -2.30. The number of nitrogens with zero attached hydrogens (tertiary/aromatic N) is 1. The van der Waals surface area contributed by atoms with Crippen molar-refractivity contribution in [2.45, 2.75) is 32.4 Å². The summed E-state index contributed by atoms with van der Waals surface area (Å²) in [5, 5.41) is 2.55. The molecule has 0 aromatic rings. The molecule has 0 aromatic heterocycles. The number of alkyl carbamates (subject to hydrolysis) is 1. The lowest BCUT2D eigenvalue weighted by atomic mass is 10.2. The minimum atomic E-state index is -0.743. The van der Waals surface area contributed by atoms with Gasteiger partial charge in [-0.2, -0.15) is 0 Å². The van der Waals surface area contributed by atoms with E-state index in [4.69, 9.17) is 14.2 Å². The van der Waals surface area contributed by atoms with Crippen molar-refractivity contribution in [1.82, 2.24) is 10.2 Å². The summed E-state index contributed by atoms with van der Waals surface area (Å²) in [7, 11) is 1.30. The first-order valence-corrected chi connectivity index (χ1v) is 6.69. The maximum absolute atomic E-state index is 11.7. The molecule has 7 heteroatoms. The Hall–Kier alpha value is -1.34. The standard InChI is InChI=1S/C13H24N2O5/c1-13(2,3)20-12(17)14-10(11(16)18-4)9-15-5-7-19-8-6-15/h10H,5-9H2,1-4H3,(H,14,17)/t10-/m0/s1. The summed E-state index contributed by atoms with van der Waals surface area (Å²) in [6.07, 6.45) is -0.624. The van der Waals surface area contributed by atoms with Crippen LogP contribution in [0.3, 0.4) is 0 Å². The summed E-state index contributed by atoms with van der Waals surface area (Å²) in [5.41, 5.74) is -0.607. The molecule has 0 radical (unpaired) electrons. The number of morpholine rings is 1. The Balaban J connectivity index is 2.55. The summed E-state index contributed by atoms with van der Waals surface area (Å²) in [5.74, 6) is -0.484. The Kier molecular flexibility index (Phi) is 6.22. The minimum Gasteiger partial charge on any atom is -0.467 e. The first-order chi connectivity index (χ1) is 9.31. The predicted octanol–water partition coefficient (Wildman–Crippen LogP) is 0.385. The van der Waals surface area contributed by atoms with Gasteiger partial charge in [-0.3, -0.25) is 4.90 Å². The molecule has 7 nitrogen and oxygen atoms in total. The lowest BCUT2D eigenvalue weighted by molar-refractivity contribution is -0.144. The van der Waals surface area contributed by atoms with Gasteiger partial charge in [0.25, 0.3) is 0 Å². The predicted molar refractivity (Wildman–Crippen MR) is 72.4 cm³/mol. The van der Waals surface area contributed by atoms with Gasteiger partial charge in [0, 0.05) is 19.6 Å². The van der Waals surface area contributed by atoms with Gasteiger partial charge in [-0.1, -0.05) is 0 Å². The fourth-order valence-electron chi connectivity index (χ4n) is 1.81. The van der Waals surface area contributed by atoms with Gasteiger partial charge in [0.15, 0.2) is 0 Å². The summed E-state index contributed by atoms with van der Waals surface area (Å²) < 4.78 is 15.1. The van der Waals surface area contributed by atoms with E-state index in [0.29, 0.717) is 19.8 Å². The molecule has 1 heterocycles. The summed E-state index contributed by atoms with van der Waals surface area (Å²) in [6.45, 7) is 8.38. The fourth-order valence-corrected chi connectivity index (χ4v) is 1.81. The van der Waals surface area contributed by atoms with E-state index in [9.17, 15) is 9.59 Å². The maximum Gasteiger partial charge on any atom is 0.408 e. The molecule has 0 spiro atoms. The van der Waals surface area contributed by atoms with E-state index in [-0.39, 0.29) is 0 Å². The molecule has 1 N–H and O–H groups in total. The van der Waals surface area contributed by atoms with Gasteiger partial charge in [-0.25, -0.2) is 9.59 Å². The van der Waals surface area contributed by atoms with E-state index in [1.54, 1.807) is 20.8 Å². The fraction of sp³-hybridized carbons (Fsp3) is 0.846. The first-order valence-electron chi connectivity index (χ1n) is 6.69. The molecule has 1 saturated heterocycles. The highest BCUT2D eigenvalue weighted by molar-refractivity contribution is 5.81. The van der Waals surface area contributed by atoms with Crippen molar-refractivity contribution in [2.75, 3.05) is 40.0 Å². The van der Waals surface area contributed by atoms with E-state index in [2.05, 4.69) is 5.32 Å². The second-order valence-corrected chi connectivity index (χ2v) is 5.63. The van der Waals surface area contributed by atoms with Crippen molar-refractivity contribution in [3.8, 4) is 0 Å². The number of carbonyl (C=O) groups excluding carboxylic acids is 2. The van der Waals surface area contributed by atoms with Crippen molar-refractivity contribution >= 4 is 12.1 Å².